The molecule has 0 bridgehead atoms. The zero-order valence-corrected chi connectivity index (χ0v) is 9.72. The van der Waals surface area contributed by atoms with Crippen molar-refractivity contribution in [2.75, 3.05) is 13.2 Å². The predicted molar refractivity (Wildman–Crippen MR) is 55.2 cm³/mol. The number of halogens is 3. The molecular weight excluding hydrogens is 218 g/mol. The van der Waals surface area contributed by atoms with Crippen LogP contribution >= 0.6 is 34.8 Å². The van der Waals surface area contributed by atoms with Gasteiger partial charge in [-0.2, -0.15) is 0 Å². The van der Waals surface area contributed by atoms with Gasteiger partial charge in [0.25, 0.3) is 0 Å². The summed E-state index contributed by atoms with van der Waals surface area (Å²) in [5, 5.41) is 0. The highest BCUT2D eigenvalue weighted by Gasteiger charge is 2.28. The number of ether oxygens (including phenoxy) is 1. The molecule has 0 aliphatic heterocycles. The van der Waals surface area contributed by atoms with E-state index in [0.29, 0.717) is 6.61 Å². The highest BCUT2D eigenvalue weighted by Crippen LogP contribution is 2.34. The van der Waals surface area contributed by atoms with Crippen LogP contribution in [-0.4, -0.2) is 17.0 Å². The maximum absolute atomic E-state index is 5.65. The van der Waals surface area contributed by atoms with Gasteiger partial charge in [-0.25, -0.2) is 0 Å². The lowest BCUT2D eigenvalue weighted by atomic mass is 10.2. The molecule has 12 heavy (non-hydrogen) atoms. The van der Waals surface area contributed by atoms with Gasteiger partial charge in [0.15, 0.2) is 3.79 Å². The van der Waals surface area contributed by atoms with Crippen LogP contribution in [0.4, 0.5) is 0 Å². The molecule has 0 heterocycles. The molecule has 0 aromatic rings. The first-order chi connectivity index (χ1) is 5.48. The quantitative estimate of drug-likeness (QED) is 0.518. The summed E-state index contributed by atoms with van der Waals surface area (Å²) in [6, 6.07) is 0. The van der Waals surface area contributed by atoms with Crippen LogP contribution in [0.3, 0.4) is 0 Å². The fraction of sp³-hybridized carbons (Fsp3) is 1.00. The van der Waals surface area contributed by atoms with Crippen LogP contribution in [0.1, 0.15) is 26.7 Å². The topological polar surface area (TPSA) is 9.23 Å². The molecule has 0 saturated heterocycles. The van der Waals surface area contributed by atoms with Crippen LogP contribution < -0.4 is 0 Å². The van der Waals surface area contributed by atoms with Gasteiger partial charge in [0.2, 0.25) is 0 Å². The minimum Gasteiger partial charge on any atom is -0.381 e. The average molecular weight is 234 g/mol. The molecule has 0 aliphatic rings. The molecule has 0 aromatic carbocycles. The van der Waals surface area contributed by atoms with Crippen molar-refractivity contribution in [3.05, 3.63) is 0 Å². The molecular formula is C8H15Cl3O. The van der Waals surface area contributed by atoms with Crippen LogP contribution in [0, 0.1) is 5.92 Å². The number of hydrogen-bond donors (Lipinski definition) is 0. The normalized spacial score (nSPS) is 14.8. The number of unbranched alkanes of at least 4 members (excludes halogenated alkanes) is 1. The van der Waals surface area contributed by atoms with Gasteiger partial charge in [-0.05, 0) is 6.42 Å². The first-order valence-electron chi connectivity index (χ1n) is 4.13. The summed E-state index contributed by atoms with van der Waals surface area (Å²) < 4.78 is 4.11. The Morgan fingerprint density at radius 2 is 1.92 bits per heavy atom. The fourth-order valence-corrected chi connectivity index (χ4v) is 0.790. The molecule has 0 aromatic heterocycles. The molecule has 0 rings (SSSR count). The van der Waals surface area contributed by atoms with Gasteiger partial charge in [0, 0.05) is 12.5 Å². The minimum atomic E-state index is -1.20. The van der Waals surface area contributed by atoms with Crippen molar-refractivity contribution in [1.29, 1.82) is 0 Å². The highest BCUT2D eigenvalue weighted by molar-refractivity contribution is 6.67. The molecule has 1 nitrogen and oxygen atoms in total. The van der Waals surface area contributed by atoms with E-state index in [1.807, 2.05) is 6.92 Å². The number of rotatable bonds is 5. The van der Waals surface area contributed by atoms with Gasteiger partial charge >= 0.3 is 0 Å². The molecule has 0 aliphatic carbocycles. The third kappa shape index (κ3) is 6.36. The van der Waals surface area contributed by atoms with E-state index in [-0.39, 0.29) is 5.92 Å². The van der Waals surface area contributed by atoms with E-state index >= 15 is 0 Å². The Labute approximate surface area is 89.3 Å². The second-order valence-electron chi connectivity index (χ2n) is 2.87. The summed E-state index contributed by atoms with van der Waals surface area (Å²) in [6.07, 6.45) is 2.19. The Bertz CT molecular complexity index is 111. The molecule has 1 unspecified atom stereocenters. The summed E-state index contributed by atoms with van der Waals surface area (Å²) in [7, 11) is 0. The van der Waals surface area contributed by atoms with Crippen molar-refractivity contribution >= 4 is 34.8 Å². The fourth-order valence-electron chi connectivity index (χ4n) is 0.601. The summed E-state index contributed by atoms with van der Waals surface area (Å²) in [6.45, 7) is 5.23. The summed E-state index contributed by atoms with van der Waals surface area (Å²) >= 11 is 16.9. The van der Waals surface area contributed by atoms with Crippen molar-refractivity contribution in [3.63, 3.8) is 0 Å². The molecule has 0 amide bonds. The average Bonchev–Trinajstić information content (AvgIpc) is 1.96. The lowest BCUT2D eigenvalue weighted by molar-refractivity contribution is 0.103. The third-order valence-corrected chi connectivity index (χ3v) is 2.69. The first kappa shape index (κ1) is 12.8. The van der Waals surface area contributed by atoms with Gasteiger partial charge in [0.05, 0.1) is 6.61 Å². The SMILES string of the molecule is CCCCOCC(C)C(Cl)(Cl)Cl. The van der Waals surface area contributed by atoms with Crippen LogP contribution in [-0.2, 0) is 4.74 Å². The second kappa shape index (κ2) is 6.31. The summed E-state index contributed by atoms with van der Waals surface area (Å²) in [5.41, 5.74) is 0. The molecule has 74 valence electrons. The van der Waals surface area contributed by atoms with E-state index < -0.39 is 3.79 Å². The number of alkyl halides is 3. The van der Waals surface area contributed by atoms with E-state index in [4.69, 9.17) is 39.5 Å². The lowest BCUT2D eigenvalue weighted by Gasteiger charge is -2.19. The minimum absolute atomic E-state index is 0.0562. The Morgan fingerprint density at radius 1 is 1.33 bits per heavy atom. The van der Waals surface area contributed by atoms with Crippen molar-refractivity contribution in [1.82, 2.24) is 0 Å². The van der Waals surface area contributed by atoms with Crippen molar-refractivity contribution in [2.24, 2.45) is 5.92 Å². The largest absolute Gasteiger partial charge is 0.381 e. The Morgan fingerprint density at radius 3 is 2.33 bits per heavy atom. The first-order valence-corrected chi connectivity index (χ1v) is 5.26. The van der Waals surface area contributed by atoms with E-state index in [0.717, 1.165) is 19.4 Å². The van der Waals surface area contributed by atoms with Crippen molar-refractivity contribution < 1.29 is 4.74 Å². The van der Waals surface area contributed by atoms with E-state index in [2.05, 4.69) is 6.92 Å². The van der Waals surface area contributed by atoms with Gasteiger partial charge in [-0.3, -0.25) is 0 Å². The molecule has 0 fully saturated rings. The highest BCUT2D eigenvalue weighted by atomic mass is 35.6. The lowest BCUT2D eigenvalue weighted by Crippen LogP contribution is -2.21. The smallest absolute Gasteiger partial charge is 0.195 e. The Kier molecular flexibility index (Phi) is 6.75. The van der Waals surface area contributed by atoms with Crippen molar-refractivity contribution in [3.8, 4) is 0 Å². The number of hydrogen-bond acceptors (Lipinski definition) is 1. The van der Waals surface area contributed by atoms with E-state index in [1.54, 1.807) is 0 Å². The standard InChI is InChI=1S/C8H15Cl3O/c1-3-4-5-12-6-7(2)8(9,10)11/h7H,3-6H2,1-2H3. The van der Waals surface area contributed by atoms with Gasteiger partial charge < -0.3 is 4.74 Å². The Balaban J connectivity index is 3.38. The van der Waals surface area contributed by atoms with Gasteiger partial charge in [0.1, 0.15) is 0 Å². The summed E-state index contributed by atoms with van der Waals surface area (Å²) in [4.78, 5) is 0. The van der Waals surface area contributed by atoms with Gasteiger partial charge in [-0.15, -0.1) is 0 Å². The predicted octanol–water partition coefficient (Wildman–Crippen LogP) is 3.81. The summed E-state index contributed by atoms with van der Waals surface area (Å²) in [5.74, 6) is -0.0562. The maximum Gasteiger partial charge on any atom is 0.195 e. The van der Waals surface area contributed by atoms with Crippen LogP contribution in [0.15, 0.2) is 0 Å². The van der Waals surface area contributed by atoms with Crippen molar-refractivity contribution in [2.45, 2.75) is 30.5 Å². The zero-order valence-electron chi connectivity index (χ0n) is 7.45. The Hall–Kier alpha value is 0.830. The van der Waals surface area contributed by atoms with Crippen LogP contribution in [0.5, 0.6) is 0 Å². The molecule has 0 saturated carbocycles. The third-order valence-electron chi connectivity index (χ3n) is 1.57. The van der Waals surface area contributed by atoms with Gasteiger partial charge in [-0.1, -0.05) is 55.1 Å². The molecule has 1 atom stereocenters. The maximum atomic E-state index is 5.65. The monoisotopic (exact) mass is 232 g/mol. The van der Waals surface area contributed by atoms with E-state index in [1.165, 1.54) is 0 Å². The zero-order chi connectivity index (χ0) is 9.61. The molecule has 0 radical (unpaired) electrons. The van der Waals surface area contributed by atoms with Crippen LogP contribution in [0.2, 0.25) is 0 Å². The van der Waals surface area contributed by atoms with E-state index in [9.17, 15) is 0 Å². The second-order valence-corrected chi connectivity index (χ2v) is 5.24. The molecule has 4 heteroatoms. The molecule has 0 spiro atoms. The molecule has 0 N–H and O–H groups in total. The van der Waals surface area contributed by atoms with Crippen LogP contribution in [0.25, 0.3) is 0 Å².